The number of carboxylic acids is 1. The second-order valence-corrected chi connectivity index (χ2v) is 4.05. The van der Waals surface area contributed by atoms with Gasteiger partial charge < -0.3 is 10.8 Å². The fourth-order valence-electron chi connectivity index (χ4n) is 0.893. The number of thioether (sulfide) groups is 1. The highest BCUT2D eigenvalue weighted by Crippen LogP contribution is 2.17. The molecular formula is C7H10N4O4S. The van der Waals surface area contributed by atoms with Gasteiger partial charge in [0.15, 0.2) is 5.16 Å². The van der Waals surface area contributed by atoms with Crippen molar-refractivity contribution in [2.45, 2.75) is 10.4 Å². The van der Waals surface area contributed by atoms with Gasteiger partial charge in [0.25, 0.3) is 0 Å². The zero-order valence-electron chi connectivity index (χ0n) is 8.34. The van der Waals surface area contributed by atoms with Crippen LogP contribution < -0.4 is 16.9 Å². The monoisotopic (exact) mass is 246 g/mol. The highest BCUT2D eigenvalue weighted by Gasteiger charge is 2.19. The molecule has 4 N–H and O–H groups in total. The molecule has 16 heavy (non-hydrogen) atoms. The van der Waals surface area contributed by atoms with Gasteiger partial charge in [-0.2, -0.15) is 4.98 Å². The topological polar surface area (TPSA) is 131 Å². The molecule has 0 saturated heterocycles. The number of rotatable bonds is 4. The zero-order chi connectivity index (χ0) is 12.3. The van der Waals surface area contributed by atoms with Gasteiger partial charge in [0.2, 0.25) is 0 Å². The minimum absolute atomic E-state index is 0.0995. The Bertz CT molecular complexity index is 508. The Kier molecular flexibility index (Phi) is 3.85. The van der Waals surface area contributed by atoms with Crippen LogP contribution in [0.4, 0.5) is 0 Å². The molecule has 1 aromatic rings. The summed E-state index contributed by atoms with van der Waals surface area (Å²) in [4.78, 5) is 36.0. The predicted molar refractivity (Wildman–Crippen MR) is 56.4 cm³/mol. The second-order valence-electron chi connectivity index (χ2n) is 2.88. The molecule has 0 bridgehead atoms. The summed E-state index contributed by atoms with van der Waals surface area (Å²) in [5.74, 6) is -1.10. The molecule has 9 heteroatoms. The van der Waals surface area contributed by atoms with E-state index < -0.39 is 22.3 Å². The summed E-state index contributed by atoms with van der Waals surface area (Å²) in [6.45, 7) is -0.102. The van der Waals surface area contributed by atoms with Crippen LogP contribution in [0.5, 0.6) is 0 Å². The van der Waals surface area contributed by atoms with Crippen LogP contribution >= 0.6 is 11.8 Å². The largest absolute Gasteiger partial charge is 0.480 e. The van der Waals surface area contributed by atoms with Crippen molar-refractivity contribution >= 4 is 17.7 Å². The van der Waals surface area contributed by atoms with E-state index in [2.05, 4.69) is 10.1 Å². The number of hydrogen-bond donors (Lipinski definition) is 3. The summed E-state index contributed by atoms with van der Waals surface area (Å²) in [6, 6.07) is 0. The standard InChI is InChI=1S/C7H10N4O4S/c1-11-7(9-4(12)5(13)10-11)16-3(2-8)6(14)15/h3H,2,8H2,1H3,(H,10,13)(H,14,15). The van der Waals surface area contributed by atoms with Gasteiger partial charge in [0.1, 0.15) is 5.25 Å². The van der Waals surface area contributed by atoms with E-state index in [9.17, 15) is 14.4 Å². The molecule has 0 fully saturated rings. The lowest BCUT2D eigenvalue weighted by atomic mass is 10.4. The first-order valence-corrected chi connectivity index (χ1v) is 5.10. The predicted octanol–water partition coefficient (Wildman–Crippen LogP) is -2.03. The molecule has 1 aromatic heterocycles. The summed E-state index contributed by atoms with van der Waals surface area (Å²) in [5.41, 5.74) is 3.44. The molecule has 0 amide bonds. The van der Waals surface area contributed by atoms with E-state index in [0.29, 0.717) is 0 Å². The average molecular weight is 246 g/mol. The third kappa shape index (κ3) is 2.70. The summed E-state index contributed by atoms with van der Waals surface area (Å²) >= 11 is 0.803. The molecule has 1 unspecified atom stereocenters. The SMILES string of the molecule is Cn1[nH]c(=O)c(=O)nc1SC(CN)C(=O)O. The van der Waals surface area contributed by atoms with Gasteiger partial charge in [-0.1, -0.05) is 11.8 Å². The van der Waals surface area contributed by atoms with Crippen molar-refractivity contribution in [3.8, 4) is 0 Å². The van der Waals surface area contributed by atoms with Gasteiger partial charge >= 0.3 is 17.1 Å². The molecule has 0 saturated carbocycles. The highest BCUT2D eigenvalue weighted by atomic mass is 32.2. The van der Waals surface area contributed by atoms with Crippen molar-refractivity contribution in [3.63, 3.8) is 0 Å². The summed E-state index contributed by atoms with van der Waals surface area (Å²) in [5, 5.41) is 10.2. The lowest BCUT2D eigenvalue weighted by Gasteiger charge is -2.10. The minimum atomic E-state index is -1.10. The number of aromatic nitrogens is 3. The van der Waals surface area contributed by atoms with Crippen LogP contribution in [0.3, 0.4) is 0 Å². The van der Waals surface area contributed by atoms with E-state index in [4.69, 9.17) is 10.8 Å². The quantitative estimate of drug-likeness (QED) is 0.412. The number of aromatic amines is 1. The Morgan fingerprint density at radius 2 is 2.31 bits per heavy atom. The van der Waals surface area contributed by atoms with Crippen molar-refractivity contribution in [3.05, 3.63) is 20.7 Å². The number of nitrogens with zero attached hydrogens (tertiary/aromatic N) is 2. The third-order valence-corrected chi connectivity index (χ3v) is 2.94. The number of carbonyl (C=O) groups is 1. The van der Waals surface area contributed by atoms with E-state index in [1.807, 2.05) is 0 Å². The number of aryl methyl sites for hydroxylation is 1. The molecule has 0 aliphatic rings. The van der Waals surface area contributed by atoms with Crippen molar-refractivity contribution in [2.24, 2.45) is 12.8 Å². The van der Waals surface area contributed by atoms with Gasteiger partial charge in [-0.05, 0) is 0 Å². The van der Waals surface area contributed by atoms with Crippen LogP contribution in [0.25, 0.3) is 0 Å². The highest BCUT2D eigenvalue weighted by molar-refractivity contribution is 8.00. The maximum atomic E-state index is 11.0. The van der Waals surface area contributed by atoms with Gasteiger partial charge in [-0.25, -0.2) is 0 Å². The van der Waals surface area contributed by atoms with Crippen molar-refractivity contribution in [1.29, 1.82) is 0 Å². The van der Waals surface area contributed by atoms with Crippen LogP contribution in [0, 0.1) is 0 Å². The summed E-state index contributed by atoms with van der Waals surface area (Å²) in [7, 11) is 1.45. The fourth-order valence-corrected chi connectivity index (χ4v) is 1.68. The Morgan fingerprint density at radius 3 is 2.81 bits per heavy atom. The van der Waals surface area contributed by atoms with E-state index in [1.54, 1.807) is 0 Å². The van der Waals surface area contributed by atoms with Gasteiger partial charge in [0, 0.05) is 13.6 Å². The van der Waals surface area contributed by atoms with E-state index in [0.717, 1.165) is 11.8 Å². The summed E-state index contributed by atoms with van der Waals surface area (Å²) < 4.78 is 1.18. The van der Waals surface area contributed by atoms with E-state index in [-0.39, 0.29) is 11.7 Å². The van der Waals surface area contributed by atoms with Crippen LogP contribution in [0.1, 0.15) is 0 Å². The van der Waals surface area contributed by atoms with Crippen molar-refractivity contribution in [1.82, 2.24) is 14.8 Å². The van der Waals surface area contributed by atoms with E-state index in [1.165, 1.54) is 11.7 Å². The molecule has 1 rings (SSSR count). The Labute approximate surface area is 93.5 Å². The molecule has 0 aliphatic carbocycles. The van der Waals surface area contributed by atoms with Crippen molar-refractivity contribution in [2.75, 3.05) is 6.54 Å². The van der Waals surface area contributed by atoms with Crippen LogP contribution in [0.2, 0.25) is 0 Å². The molecule has 1 atom stereocenters. The Morgan fingerprint density at radius 1 is 1.69 bits per heavy atom. The van der Waals surface area contributed by atoms with Crippen LogP contribution in [-0.4, -0.2) is 37.6 Å². The molecule has 0 aromatic carbocycles. The average Bonchev–Trinajstić information content (AvgIpc) is 2.21. The first-order valence-electron chi connectivity index (χ1n) is 4.22. The maximum absolute atomic E-state index is 11.0. The molecule has 1 heterocycles. The molecule has 8 nitrogen and oxygen atoms in total. The fraction of sp³-hybridized carbons (Fsp3) is 0.429. The zero-order valence-corrected chi connectivity index (χ0v) is 9.15. The van der Waals surface area contributed by atoms with Gasteiger partial charge in [0.05, 0.1) is 0 Å². The molecular weight excluding hydrogens is 236 g/mol. The van der Waals surface area contributed by atoms with Crippen LogP contribution in [0.15, 0.2) is 14.7 Å². The molecule has 0 aliphatic heterocycles. The van der Waals surface area contributed by atoms with Crippen molar-refractivity contribution < 1.29 is 9.90 Å². The Hall–Kier alpha value is -1.61. The first kappa shape index (κ1) is 12.5. The number of aliphatic carboxylic acids is 1. The summed E-state index contributed by atoms with van der Waals surface area (Å²) in [6.07, 6.45) is 0. The Balaban J connectivity index is 3.06. The third-order valence-electron chi connectivity index (χ3n) is 1.68. The van der Waals surface area contributed by atoms with E-state index >= 15 is 0 Å². The lowest BCUT2D eigenvalue weighted by Crippen LogP contribution is -2.35. The second kappa shape index (κ2) is 4.94. The number of H-pyrrole nitrogens is 1. The number of nitrogens with two attached hydrogens (primary N) is 1. The first-order chi connectivity index (χ1) is 7.45. The number of hydrogen-bond acceptors (Lipinski definition) is 6. The normalized spacial score (nSPS) is 12.4. The smallest absolute Gasteiger partial charge is 0.339 e. The number of nitrogens with one attached hydrogen (secondary N) is 1. The molecule has 0 radical (unpaired) electrons. The van der Waals surface area contributed by atoms with Crippen LogP contribution in [-0.2, 0) is 11.8 Å². The molecule has 88 valence electrons. The van der Waals surface area contributed by atoms with Gasteiger partial charge in [-0.15, -0.1) is 0 Å². The maximum Gasteiger partial charge on any atom is 0.339 e. The molecule has 0 spiro atoms. The lowest BCUT2D eigenvalue weighted by molar-refractivity contribution is -0.136. The minimum Gasteiger partial charge on any atom is -0.480 e. The van der Waals surface area contributed by atoms with Gasteiger partial charge in [-0.3, -0.25) is 24.2 Å². The number of carboxylic acid groups (broad SMARTS) is 1.